The van der Waals surface area contributed by atoms with E-state index >= 15 is 0 Å². The Morgan fingerprint density at radius 1 is 1.33 bits per heavy atom. The highest BCUT2D eigenvalue weighted by Crippen LogP contribution is 2.12. The number of ether oxygens (including phenoxy) is 1. The molecule has 3 N–H and O–H groups in total. The zero-order valence-corrected chi connectivity index (χ0v) is 10.3. The maximum atomic E-state index is 10.9. The summed E-state index contributed by atoms with van der Waals surface area (Å²) in [5.74, 6) is -1.26. The fourth-order valence-corrected chi connectivity index (χ4v) is 1.21. The van der Waals surface area contributed by atoms with Crippen LogP contribution in [0.5, 0.6) is 5.75 Å². The van der Waals surface area contributed by atoms with Crippen LogP contribution in [0.3, 0.4) is 0 Å². The van der Waals surface area contributed by atoms with Gasteiger partial charge in [-0.2, -0.15) is 5.10 Å². The third-order valence-electron chi connectivity index (χ3n) is 2.13. The van der Waals surface area contributed by atoms with E-state index in [1.165, 1.54) is 0 Å². The normalized spacial score (nSPS) is 10.9. The van der Waals surface area contributed by atoms with Gasteiger partial charge in [-0.05, 0) is 43.7 Å². The van der Waals surface area contributed by atoms with E-state index in [2.05, 4.69) is 10.5 Å². The molecule has 0 aliphatic carbocycles. The molecule has 0 saturated heterocycles. The van der Waals surface area contributed by atoms with E-state index in [4.69, 9.17) is 10.5 Å². The van der Waals surface area contributed by atoms with Gasteiger partial charge in [-0.1, -0.05) is 0 Å². The summed E-state index contributed by atoms with van der Waals surface area (Å²) in [6.45, 7) is 4.21. The Morgan fingerprint density at radius 2 is 1.94 bits per heavy atom. The molecule has 1 rings (SSSR count). The van der Waals surface area contributed by atoms with Crippen LogP contribution in [-0.2, 0) is 9.59 Å². The molecule has 0 radical (unpaired) electrons. The maximum Gasteiger partial charge on any atom is 0.329 e. The lowest BCUT2D eigenvalue weighted by molar-refractivity contribution is -0.137. The number of hydrogen-bond donors (Lipinski definition) is 2. The Hall–Kier alpha value is -2.37. The van der Waals surface area contributed by atoms with Crippen molar-refractivity contribution in [3.05, 3.63) is 29.8 Å². The van der Waals surface area contributed by atoms with Crippen molar-refractivity contribution in [3.63, 3.8) is 0 Å². The fourth-order valence-electron chi connectivity index (χ4n) is 1.21. The molecule has 0 bridgehead atoms. The fraction of sp³-hybridized carbons (Fsp3) is 0.250. The number of carbonyl (C=O) groups is 2. The molecule has 0 spiro atoms. The number of rotatable bonds is 4. The molecule has 0 fully saturated rings. The second-order valence-corrected chi connectivity index (χ2v) is 3.46. The first-order chi connectivity index (χ1) is 8.54. The highest BCUT2D eigenvalue weighted by atomic mass is 16.5. The van der Waals surface area contributed by atoms with Gasteiger partial charge in [0.05, 0.1) is 12.3 Å². The van der Waals surface area contributed by atoms with Crippen LogP contribution in [0.2, 0.25) is 0 Å². The Bertz CT molecular complexity index is 466. The second-order valence-electron chi connectivity index (χ2n) is 3.46. The van der Waals surface area contributed by atoms with E-state index in [0.717, 1.165) is 11.3 Å². The first-order valence-electron chi connectivity index (χ1n) is 5.42. The zero-order valence-electron chi connectivity index (χ0n) is 10.3. The highest BCUT2D eigenvalue weighted by molar-refractivity contribution is 6.34. The van der Waals surface area contributed by atoms with Crippen molar-refractivity contribution in [2.75, 3.05) is 6.61 Å². The lowest BCUT2D eigenvalue weighted by atomic mass is 10.1. The molecule has 0 aliphatic heterocycles. The molecule has 0 saturated carbocycles. The number of amides is 2. The summed E-state index contributed by atoms with van der Waals surface area (Å²) in [5, 5.41) is 3.77. The zero-order chi connectivity index (χ0) is 13.5. The first-order valence-corrected chi connectivity index (χ1v) is 5.42. The minimum absolute atomic E-state index is 0.563. The lowest BCUT2D eigenvalue weighted by Crippen LogP contribution is -2.33. The topological polar surface area (TPSA) is 93.8 Å². The predicted octanol–water partition coefficient (Wildman–Crippen LogP) is 0.411. The van der Waals surface area contributed by atoms with Gasteiger partial charge in [-0.3, -0.25) is 9.59 Å². The van der Waals surface area contributed by atoms with E-state index in [0.29, 0.717) is 12.3 Å². The number of hydrazone groups is 1. The van der Waals surface area contributed by atoms with Gasteiger partial charge in [-0.15, -0.1) is 0 Å². The Labute approximate surface area is 105 Å². The van der Waals surface area contributed by atoms with E-state index in [9.17, 15) is 9.59 Å². The summed E-state index contributed by atoms with van der Waals surface area (Å²) in [6, 6.07) is 7.21. The highest BCUT2D eigenvalue weighted by Gasteiger charge is 2.06. The molecule has 1 aromatic carbocycles. The molecule has 96 valence electrons. The Balaban J connectivity index is 2.71. The molecule has 0 atom stereocenters. The van der Waals surface area contributed by atoms with Crippen molar-refractivity contribution in [2.45, 2.75) is 13.8 Å². The van der Waals surface area contributed by atoms with Crippen LogP contribution >= 0.6 is 0 Å². The van der Waals surface area contributed by atoms with Crippen LogP contribution in [0.4, 0.5) is 0 Å². The standard InChI is InChI=1S/C12H15N3O3/c1-3-18-10-6-4-9(5-7-10)8(2)14-15-12(17)11(13)16/h4-7H,3H2,1-2H3,(H2,13,16)(H,15,17)/b14-8+. The summed E-state index contributed by atoms with van der Waals surface area (Å²) >= 11 is 0. The van der Waals surface area contributed by atoms with Gasteiger partial charge >= 0.3 is 11.8 Å². The van der Waals surface area contributed by atoms with Gasteiger partial charge in [0.25, 0.3) is 0 Å². The monoisotopic (exact) mass is 249 g/mol. The van der Waals surface area contributed by atoms with Crippen LogP contribution in [0.25, 0.3) is 0 Å². The summed E-state index contributed by atoms with van der Waals surface area (Å²) in [4.78, 5) is 21.4. The van der Waals surface area contributed by atoms with Gasteiger partial charge in [0, 0.05) is 0 Å². The summed E-state index contributed by atoms with van der Waals surface area (Å²) in [7, 11) is 0. The van der Waals surface area contributed by atoms with Crippen molar-refractivity contribution in [1.82, 2.24) is 5.43 Å². The number of nitrogens with two attached hydrogens (primary N) is 1. The molecule has 0 unspecified atom stereocenters. The quantitative estimate of drug-likeness (QED) is 0.459. The first kappa shape index (κ1) is 13.7. The van der Waals surface area contributed by atoms with Crippen molar-refractivity contribution in [1.29, 1.82) is 0 Å². The minimum Gasteiger partial charge on any atom is -0.494 e. The molecule has 6 heteroatoms. The maximum absolute atomic E-state index is 10.9. The van der Waals surface area contributed by atoms with Crippen molar-refractivity contribution < 1.29 is 14.3 Å². The smallest absolute Gasteiger partial charge is 0.329 e. The van der Waals surface area contributed by atoms with E-state index in [-0.39, 0.29) is 0 Å². The summed E-state index contributed by atoms with van der Waals surface area (Å²) in [6.07, 6.45) is 0. The minimum atomic E-state index is -1.07. The van der Waals surface area contributed by atoms with Gasteiger partial charge < -0.3 is 10.5 Å². The van der Waals surface area contributed by atoms with Crippen LogP contribution in [0.1, 0.15) is 19.4 Å². The summed E-state index contributed by atoms with van der Waals surface area (Å²) < 4.78 is 5.30. The third-order valence-corrected chi connectivity index (χ3v) is 2.13. The molecular weight excluding hydrogens is 234 g/mol. The molecule has 1 aromatic rings. The van der Waals surface area contributed by atoms with Crippen molar-refractivity contribution >= 4 is 17.5 Å². The van der Waals surface area contributed by atoms with E-state index in [1.54, 1.807) is 31.2 Å². The lowest BCUT2D eigenvalue weighted by Gasteiger charge is -2.04. The van der Waals surface area contributed by atoms with Crippen molar-refractivity contribution in [3.8, 4) is 5.75 Å². The van der Waals surface area contributed by atoms with E-state index in [1.807, 2.05) is 6.92 Å². The predicted molar refractivity (Wildman–Crippen MR) is 67.2 cm³/mol. The Kier molecular flexibility index (Phi) is 4.86. The average Bonchev–Trinajstić information content (AvgIpc) is 2.36. The van der Waals surface area contributed by atoms with Gasteiger partial charge in [0.1, 0.15) is 5.75 Å². The molecule has 0 aliphatic rings. The Morgan fingerprint density at radius 3 is 2.44 bits per heavy atom. The molecular formula is C12H15N3O3. The SMILES string of the molecule is CCOc1ccc(/C(C)=N/NC(=O)C(N)=O)cc1. The number of benzene rings is 1. The average molecular weight is 249 g/mol. The van der Waals surface area contributed by atoms with Crippen LogP contribution in [-0.4, -0.2) is 24.1 Å². The number of hydrogen-bond acceptors (Lipinski definition) is 4. The molecule has 2 amide bonds. The second kappa shape index (κ2) is 6.39. The van der Waals surface area contributed by atoms with E-state index < -0.39 is 11.8 Å². The van der Waals surface area contributed by atoms with Gasteiger partial charge in [-0.25, -0.2) is 5.43 Å². The van der Waals surface area contributed by atoms with Gasteiger partial charge in [0.2, 0.25) is 0 Å². The molecule has 18 heavy (non-hydrogen) atoms. The molecule has 6 nitrogen and oxygen atoms in total. The van der Waals surface area contributed by atoms with Crippen molar-refractivity contribution in [2.24, 2.45) is 10.8 Å². The summed E-state index contributed by atoms with van der Waals surface area (Å²) in [5.41, 5.74) is 8.21. The van der Waals surface area contributed by atoms with Crippen LogP contribution < -0.4 is 15.9 Å². The molecule has 0 aromatic heterocycles. The number of primary amides is 1. The largest absolute Gasteiger partial charge is 0.494 e. The van der Waals surface area contributed by atoms with Gasteiger partial charge in [0.15, 0.2) is 0 Å². The van der Waals surface area contributed by atoms with Crippen LogP contribution in [0.15, 0.2) is 29.4 Å². The van der Waals surface area contributed by atoms with Crippen LogP contribution in [0, 0.1) is 0 Å². The third kappa shape index (κ3) is 3.89. The number of nitrogens with one attached hydrogen (secondary N) is 1. The number of nitrogens with zero attached hydrogens (tertiary/aromatic N) is 1. The molecule has 0 heterocycles. The number of carbonyl (C=O) groups excluding carboxylic acids is 2.